The summed E-state index contributed by atoms with van der Waals surface area (Å²) in [6.07, 6.45) is 2.13. The number of thiophene rings is 1. The molecule has 0 bridgehead atoms. The van der Waals surface area contributed by atoms with Crippen molar-refractivity contribution in [2.45, 2.75) is 31.2 Å². The number of nitrogens with zero attached hydrogens (tertiary/aromatic N) is 3. The predicted octanol–water partition coefficient (Wildman–Crippen LogP) is 3.43. The highest BCUT2D eigenvalue weighted by Crippen LogP contribution is 2.40. The van der Waals surface area contributed by atoms with Crippen LogP contribution in [0.4, 0.5) is 0 Å². The van der Waals surface area contributed by atoms with E-state index in [0.29, 0.717) is 18.5 Å². The molecule has 6 nitrogen and oxygen atoms in total. The lowest BCUT2D eigenvalue weighted by Gasteiger charge is -2.29. The minimum absolute atomic E-state index is 0.00333. The van der Waals surface area contributed by atoms with E-state index < -0.39 is 5.41 Å². The van der Waals surface area contributed by atoms with Gasteiger partial charge in [-0.3, -0.25) is 24.3 Å². The van der Waals surface area contributed by atoms with Crippen molar-refractivity contribution in [3.05, 3.63) is 88.4 Å². The van der Waals surface area contributed by atoms with E-state index in [4.69, 9.17) is 0 Å². The SMILES string of the molecule is CN(Cc1cccs1)C(=O)CC1(c2ccccc2)CC(=O)N(CCc2ccccn2)C1=O. The molecular weight excluding hydrogens is 422 g/mol. The summed E-state index contributed by atoms with van der Waals surface area (Å²) in [5.41, 5.74) is 0.345. The Labute approximate surface area is 191 Å². The highest BCUT2D eigenvalue weighted by Gasteiger charge is 2.53. The van der Waals surface area contributed by atoms with E-state index in [0.717, 1.165) is 10.6 Å². The zero-order valence-corrected chi connectivity index (χ0v) is 18.8. The highest BCUT2D eigenvalue weighted by molar-refractivity contribution is 7.09. The number of likely N-dealkylation sites (tertiary alicyclic amines) is 1. The average molecular weight is 448 g/mol. The van der Waals surface area contributed by atoms with Gasteiger partial charge in [0.25, 0.3) is 0 Å². The number of rotatable bonds is 8. The van der Waals surface area contributed by atoms with Crippen LogP contribution in [0.5, 0.6) is 0 Å². The van der Waals surface area contributed by atoms with E-state index in [-0.39, 0.29) is 37.1 Å². The standard InChI is InChI=1S/C25H25N3O3S/c1-27(18-21-11-7-15-32-21)22(29)16-25(19-8-3-2-4-9-19)17-23(30)28(24(25)31)14-12-20-10-5-6-13-26-20/h2-11,13,15H,12,14,16-18H2,1H3. The summed E-state index contributed by atoms with van der Waals surface area (Å²) in [5.74, 6) is -0.707. The molecule has 1 atom stereocenters. The molecule has 0 aliphatic carbocycles. The predicted molar refractivity (Wildman–Crippen MR) is 123 cm³/mol. The van der Waals surface area contributed by atoms with Crippen molar-refractivity contribution in [1.29, 1.82) is 0 Å². The van der Waals surface area contributed by atoms with E-state index in [1.807, 2.05) is 66.0 Å². The summed E-state index contributed by atoms with van der Waals surface area (Å²) in [6, 6.07) is 18.7. The summed E-state index contributed by atoms with van der Waals surface area (Å²) in [7, 11) is 1.74. The number of pyridine rings is 1. The quantitative estimate of drug-likeness (QED) is 0.496. The van der Waals surface area contributed by atoms with Gasteiger partial charge in [-0.1, -0.05) is 42.5 Å². The number of carbonyl (C=O) groups is 3. The van der Waals surface area contributed by atoms with E-state index in [9.17, 15) is 14.4 Å². The second-order valence-corrected chi connectivity index (χ2v) is 9.08. The molecule has 1 aromatic carbocycles. The average Bonchev–Trinajstić information content (AvgIpc) is 3.40. The van der Waals surface area contributed by atoms with Gasteiger partial charge in [-0.2, -0.15) is 0 Å². The fraction of sp³-hybridized carbons (Fsp3) is 0.280. The molecule has 1 aliphatic heterocycles. The van der Waals surface area contributed by atoms with Crippen LogP contribution < -0.4 is 0 Å². The van der Waals surface area contributed by atoms with Crippen molar-refractivity contribution in [2.75, 3.05) is 13.6 Å². The molecule has 2 aromatic heterocycles. The van der Waals surface area contributed by atoms with E-state index in [1.165, 1.54) is 4.90 Å². The van der Waals surface area contributed by atoms with Gasteiger partial charge in [0.05, 0.1) is 12.0 Å². The molecule has 1 fully saturated rings. The Morgan fingerprint density at radius 1 is 1.09 bits per heavy atom. The molecule has 3 aromatic rings. The summed E-state index contributed by atoms with van der Waals surface area (Å²) < 4.78 is 0. The van der Waals surface area contributed by atoms with E-state index >= 15 is 0 Å². The Balaban J connectivity index is 1.57. The van der Waals surface area contributed by atoms with Crippen LogP contribution in [0.25, 0.3) is 0 Å². The van der Waals surface area contributed by atoms with Crippen LogP contribution in [0.15, 0.2) is 72.2 Å². The van der Waals surface area contributed by atoms with Crippen LogP contribution in [0.1, 0.15) is 29.0 Å². The van der Waals surface area contributed by atoms with E-state index in [1.54, 1.807) is 29.5 Å². The third-order valence-electron chi connectivity index (χ3n) is 5.90. The molecule has 7 heteroatoms. The molecule has 3 amide bonds. The topological polar surface area (TPSA) is 70.6 Å². The summed E-state index contributed by atoms with van der Waals surface area (Å²) in [5, 5.41) is 1.97. The first-order chi connectivity index (χ1) is 15.5. The summed E-state index contributed by atoms with van der Waals surface area (Å²) in [6.45, 7) is 0.732. The lowest BCUT2D eigenvalue weighted by atomic mass is 9.75. The van der Waals surface area contributed by atoms with Gasteiger partial charge in [-0.15, -0.1) is 11.3 Å². The number of carbonyl (C=O) groups excluding carboxylic acids is 3. The molecule has 1 aliphatic rings. The van der Waals surface area contributed by atoms with Crippen LogP contribution in [0.2, 0.25) is 0 Å². The Bertz CT molecular complexity index is 1090. The Hall–Kier alpha value is -3.32. The lowest BCUT2D eigenvalue weighted by Crippen LogP contribution is -2.43. The zero-order valence-electron chi connectivity index (χ0n) is 17.9. The van der Waals surface area contributed by atoms with Crippen LogP contribution in [-0.4, -0.2) is 46.1 Å². The van der Waals surface area contributed by atoms with Gasteiger partial charge >= 0.3 is 0 Å². The molecule has 164 valence electrons. The molecule has 0 saturated carbocycles. The second-order valence-electron chi connectivity index (χ2n) is 8.05. The fourth-order valence-corrected chi connectivity index (χ4v) is 4.90. The van der Waals surface area contributed by atoms with Gasteiger partial charge in [-0.25, -0.2) is 0 Å². The largest absolute Gasteiger partial charge is 0.341 e. The van der Waals surface area contributed by atoms with Gasteiger partial charge in [0.2, 0.25) is 17.7 Å². The maximum absolute atomic E-state index is 13.7. The van der Waals surface area contributed by atoms with Crippen LogP contribution >= 0.6 is 11.3 Å². The third kappa shape index (κ3) is 4.48. The van der Waals surface area contributed by atoms with Crippen molar-refractivity contribution in [3.8, 4) is 0 Å². The minimum atomic E-state index is -1.18. The van der Waals surface area contributed by atoms with Gasteiger partial charge < -0.3 is 4.90 Å². The normalized spacial score (nSPS) is 18.2. The minimum Gasteiger partial charge on any atom is -0.341 e. The number of hydrogen-bond acceptors (Lipinski definition) is 5. The molecule has 32 heavy (non-hydrogen) atoms. The molecule has 1 unspecified atom stereocenters. The zero-order chi connectivity index (χ0) is 22.6. The van der Waals surface area contributed by atoms with Gasteiger partial charge in [0, 0.05) is 49.6 Å². The second kappa shape index (κ2) is 9.44. The number of imide groups is 1. The van der Waals surface area contributed by atoms with Crippen LogP contribution in [0.3, 0.4) is 0 Å². The number of benzene rings is 1. The Morgan fingerprint density at radius 3 is 2.56 bits per heavy atom. The first-order valence-corrected chi connectivity index (χ1v) is 11.4. The maximum Gasteiger partial charge on any atom is 0.240 e. The molecular formula is C25H25N3O3S. The van der Waals surface area contributed by atoms with Gasteiger partial charge in [0.15, 0.2) is 0 Å². The summed E-state index contributed by atoms with van der Waals surface area (Å²) in [4.78, 5) is 48.1. The molecule has 0 spiro atoms. The van der Waals surface area contributed by atoms with Gasteiger partial charge in [0.1, 0.15) is 0 Å². The van der Waals surface area contributed by atoms with Crippen molar-refractivity contribution < 1.29 is 14.4 Å². The molecule has 4 rings (SSSR count). The van der Waals surface area contributed by atoms with Crippen LogP contribution in [0, 0.1) is 0 Å². The van der Waals surface area contributed by atoms with Crippen molar-refractivity contribution >= 4 is 29.1 Å². The summed E-state index contributed by atoms with van der Waals surface area (Å²) >= 11 is 1.58. The van der Waals surface area contributed by atoms with Crippen molar-refractivity contribution in [3.63, 3.8) is 0 Å². The smallest absolute Gasteiger partial charge is 0.240 e. The molecule has 1 saturated heterocycles. The Morgan fingerprint density at radius 2 is 1.88 bits per heavy atom. The third-order valence-corrected chi connectivity index (χ3v) is 6.77. The van der Waals surface area contributed by atoms with Crippen molar-refractivity contribution in [1.82, 2.24) is 14.8 Å². The van der Waals surface area contributed by atoms with E-state index in [2.05, 4.69) is 4.98 Å². The highest BCUT2D eigenvalue weighted by atomic mass is 32.1. The maximum atomic E-state index is 13.7. The first kappa shape index (κ1) is 21.9. The van der Waals surface area contributed by atoms with Crippen LogP contribution in [-0.2, 0) is 32.8 Å². The monoisotopic (exact) mass is 447 g/mol. The number of hydrogen-bond donors (Lipinski definition) is 0. The van der Waals surface area contributed by atoms with Gasteiger partial charge in [-0.05, 0) is 29.1 Å². The first-order valence-electron chi connectivity index (χ1n) is 10.6. The fourth-order valence-electron chi connectivity index (χ4n) is 4.14. The lowest BCUT2D eigenvalue weighted by molar-refractivity contribution is -0.142. The number of amides is 3. The Kier molecular flexibility index (Phi) is 6.46. The molecule has 3 heterocycles. The molecule has 0 N–H and O–H groups in total. The number of aromatic nitrogens is 1. The van der Waals surface area contributed by atoms with Crippen molar-refractivity contribution in [2.24, 2.45) is 0 Å². The molecule has 0 radical (unpaired) electrons.